The van der Waals surface area contributed by atoms with Gasteiger partial charge in [0, 0.05) is 24.7 Å². The van der Waals surface area contributed by atoms with Crippen molar-refractivity contribution in [3.63, 3.8) is 0 Å². The average molecular weight is 401 g/mol. The van der Waals surface area contributed by atoms with Crippen LogP contribution in [0.15, 0.2) is 18.2 Å². The van der Waals surface area contributed by atoms with Gasteiger partial charge in [-0.25, -0.2) is 0 Å². The topological polar surface area (TPSA) is 84.4 Å². The zero-order chi connectivity index (χ0) is 19.5. The quantitative estimate of drug-likeness (QED) is 0.849. The van der Waals surface area contributed by atoms with Crippen LogP contribution in [0.1, 0.15) is 64.8 Å². The number of anilines is 1. The van der Waals surface area contributed by atoms with Crippen LogP contribution in [0.4, 0.5) is 5.69 Å². The summed E-state index contributed by atoms with van der Waals surface area (Å²) in [4.78, 5) is 28.3. The molecule has 2 aliphatic rings. The Hall–Kier alpha value is -2.48. The average Bonchev–Trinajstić information content (AvgIpc) is 3.16. The third-order valence-corrected chi connectivity index (χ3v) is 6.08. The van der Waals surface area contributed by atoms with Gasteiger partial charge in [0.2, 0.25) is 0 Å². The Labute approximate surface area is 168 Å². The summed E-state index contributed by atoms with van der Waals surface area (Å²) in [5.74, 6) is 0.327. The van der Waals surface area contributed by atoms with E-state index in [-0.39, 0.29) is 17.9 Å². The molecule has 1 atom stereocenters. The summed E-state index contributed by atoms with van der Waals surface area (Å²) < 4.78 is 9.76. The molecule has 7 nitrogen and oxygen atoms in total. The van der Waals surface area contributed by atoms with Crippen molar-refractivity contribution in [2.24, 2.45) is 0 Å². The van der Waals surface area contributed by atoms with Crippen LogP contribution < -0.4 is 10.1 Å². The van der Waals surface area contributed by atoms with Gasteiger partial charge in [-0.1, -0.05) is 17.8 Å². The Morgan fingerprint density at radius 3 is 3.11 bits per heavy atom. The number of aryl methyl sites for hydroxylation is 1. The molecule has 2 amide bonds. The first kappa shape index (κ1) is 18.9. The Kier molecular flexibility index (Phi) is 5.57. The fourth-order valence-electron chi connectivity index (χ4n) is 3.90. The fourth-order valence-corrected chi connectivity index (χ4v) is 4.50. The summed E-state index contributed by atoms with van der Waals surface area (Å²) in [7, 11) is 0. The number of rotatable bonds is 4. The largest absolute Gasteiger partial charge is 0.493 e. The molecule has 3 heterocycles. The van der Waals surface area contributed by atoms with Gasteiger partial charge in [-0.3, -0.25) is 9.59 Å². The van der Waals surface area contributed by atoms with Gasteiger partial charge in [-0.05, 0) is 55.4 Å². The van der Waals surface area contributed by atoms with E-state index in [1.807, 2.05) is 11.8 Å². The number of nitrogens with zero attached hydrogens (tertiary/aromatic N) is 3. The number of nitrogens with one attached hydrogen (secondary N) is 1. The number of aromatic nitrogens is 2. The maximum atomic E-state index is 13.1. The van der Waals surface area contributed by atoms with Gasteiger partial charge < -0.3 is 15.0 Å². The van der Waals surface area contributed by atoms with Crippen molar-refractivity contribution >= 4 is 29.0 Å². The molecule has 0 bridgehead atoms. The number of carbonyl (C=O) groups excluding carboxylic acids is 2. The number of piperidine rings is 1. The van der Waals surface area contributed by atoms with Crippen LogP contribution in [0, 0.1) is 0 Å². The third-order valence-electron chi connectivity index (χ3n) is 5.31. The van der Waals surface area contributed by atoms with Gasteiger partial charge in [0.25, 0.3) is 11.8 Å². The van der Waals surface area contributed by atoms with Crippen molar-refractivity contribution in [1.82, 2.24) is 14.5 Å². The van der Waals surface area contributed by atoms with Crippen LogP contribution in [0.2, 0.25) is 0 Å². The minimum atomic E-state index is -0.242. The van der Waals surface area contributed by atoms with E-state index in [9.17, 15) is 9.59 Å². The van der Waals surface area contributed by atoms with Crippen molar-refractivity contribution in [3.8, 4) is 5.75 Å². The zero-order valence-corrected chi connectivity index (χ0v) is 16.8. The highest BCUT2D eigenvalue weighted by molar-refractivity contribution is 7.08. The first-order valence-electron chi connectivity index (χ1n) is 9.87. The van der Waals surface area contributed by atoms with Crippen molar-refractivity contribution in [2.45, 2.75) is 51.5 Å². The standard InChI is InChI=1S/C20H24N4O3S/c1-2-5-16-18(28-23-22-16)19(25)21-13-7-8-17-15(12-13)20(26)24-10-4-3-6-14(24)9-11-27-17/h7-8,12,14H,2-6,9-11H2,1H3,(H,21,25). The molecule has 28 heavy (non-hydrogen) atoms. The van der Waals surface area contributed by atoms with Crippen molar-refractivity contribution in [1.29, 1.82) is 0 Å². The second-order valence-corrected chi connectivity index (χ2v) is 8.00. The molecular weight excluding hydrogens is 376 g/mol. The molecule has 1 aromatic carbocycles. The number of fused-ring (bicyclic) bond motifs is 2. The molecule has 0 radical (unpaired) electrons. The second kappa shape index (κ2) is 8.26. The summed E-state index contributed by atoms with van der Waals surface area (Å²) in [6.07, 6.45) is 5.69. The summed E-state index contributed by atoms with van der Waals surface area (Å²) in [6, 6.07) is 5.51. The van der Waals surface area contributed by atoms with E-state index in [1.54, 1.807) is 18.2 Å². The molecule has 4 rings (SSSR count). The van der Waals surface area contributed by atoms with Gasteiger partial charge in [0.05, 0.1) is 17.9 Å². The second-order valence-electron chi connectivity index (χ2n) is 7.25. The third kappa shape index (κ3) is 3.73. The van der Waals surface area contributed by atoms with Gasteiger partial charge in [0.1, 0.15) is 10.6 Å². The molecule has 0 aliphatic carbocycles. The fraction of sp³-hybridized carbons (Fsp3) is 0.500. The van der Waals surface area contributed by atoms with E-state index < -0.39 is 0 Å². The van der Waals surface area contributed by atoms with Crippen molar-refractivity contribution in [3.05, 3.63) is 34.3 Å². The molecule has 2 aromatic rings. The number of carbonyl (C=O) groups is 2. The molecule has 148 valence electrons. The Morgan fingerprint density at radius 1 is 1.36 bits per heavy atom. The summed E-state index contributed by atoms with van der Waals surface area (Å²) in [5.41, 5.74) is 1.80. The lowest BCUT2D eigenvalue weighted by Crippen LogP contribution is -2.45. The SMILES string of the molecule is CCCc1nnsc1C(=O)Nc1ccc2c(c1)C(=O)N1CCCCC1CCO2. The molecule has 1 fully saturated rings. The number of benzene rings is 1. The normalized spacial score (nSPS) is 19.1. The van der Waals surface area contributed by atoms with E-state index >= 15 is 0 Å². The summed E-state index contributed by atoms with van der Waals surface area (Å²) in [5, 5.41) is 6.93. The van der Waals surface area contributed by atoms with Gasteiger partial charge in [0.15, 0.2) is 0 Å². The Morgan fingerprint density at radius 2 is 2.25 bits per heavy atom. The van der Waals surface area contributed by atoms with Crippen LogP contribution in [0.5, 0.6) is 5.75 Å². The molecule has 1 aromatic heterocycles. The number of hydrogen-bond donors (Lipinski definition) is 1. The van der Waals surface area contributed by atoms with Gasteiger partial charge in [-0.2, -0.15) is 0 Å². The van der Waals surface area contributed by atoms with Crippen LogP contribution >= 0.6 is 11.5 Å². The predicted octanol–water partition coefficient (Wildman–Crippen LogP) is 3.52. The van der Waals surface area contributed by atoms with E-state index in [2.05, 4.69) is 14.9 Å². The molecule has 1 N–H and O–H groups in total. The van der Waals surface area contributed by atoms with Crippen LogP contribution in [-0.2, 0) is 6.42 Å². The Balaban J connectivity index is 1.58. The van der Waals surface area contributed by atoms with E-state index in [0.717, 1.165) is 50.2 Å². The van der Waals surface area contributed by atoms with Gasteiger partial charge >= 0.3 is 0 Å². The molecule has 2 aliphatic heterocycles. The highest BCUT2D eigenvalue weighted by atomic mass is 32.1. The van der Waals surface area contributed by atoms with Crippen molar-refractivity contribution in [2.75, 3.05) is 18.5 Å². The molecule has 0 saturated carbocycles. The smallest absolute Gasteiger partial charge is 0.269 e. The number of amides is 2. The number of hydrogen-bond acceptors (Lipinski definition) is 6. The highest BCUT2D eigenvalue weighted by Crippen LogP contribution is 2.31. The van der Waals surface area contributed by atoms with E-state index in [1.165, 1.54) is 0 Å². The molecule has 0 spiro atoms. The Bertz CT molecular complexity index is 882. The highest BCUT2D eigenvalue weighted by Gasteiger charge is 2.31. The van der Waals surface area contributed by atoms with Crippen LogP contribution in [-0.4, -0.2) is 45.5 Å². The van der Waals surface area contributed by atoms with Crippen LogP contribution in [0.3, 0.4) is 0 Å². The lowest BCUT2D eigenvalue weighted by molar-refractivity contribution is 0.0548. The minimum Gasteiger partial charge on any atom is -0.493 e. The van der Waals surface area contributed by atoms with E-state index in [0.29, 0.717) is 40.6 Å². The molecule has 1 saturated heterocycles. The number of ether oxygens (including phenoxy) is 1. The maximum Gasteiger partial charge on any atom is 0.269 e. The molecule has 8 heteroatoms. The zero-order valence-electron chi connectivity index (χ0n) is 15.9. The first-order chi connectivity index (χ1) is 13.7. The molecule has 1 unspecified atom stereocenters. The van der Waals surface area contributed by atoms with E-state index in [4.69, 9.17) is 4.74 Å². The lowest BCUT2D eigenvalue weighted by Gasteiger charge is -2.37. The van der Waals surface area contributed by atoms with Crippen molar-refractivity contribution < 1.29 is 14.3 Å². The summed E-state index contributed by atoms with van der Waals surface area (Å²) >= 11 is 1.09. The van der Waals surface area contributed by atoms with Crippen LogP contribution in [0.25, 0.3) is 0 Å². The summed E-state index contributed by atoms with van der Waals surface area (Å²) in [6.45, 7) is 3.42. The maximum absolute atomic E-state index is 13.1. The van der Waals surface area contributed by atoms with Gasteiger partial charge in [-0.15, -0.1) is 5.10 Å². The first-order valence-corrected chi connectivity index (χ1v) is 10.6. The minimum absolute atomic E-state index is 0.0124. The molecular formula is C20H24N4O3S. The predicted molar refractivity (Wildman–Crippen MR) is 107 cm³/mol. The monoisotopic (exact) mass is 400 g/mol. The lowest BCUT2D eigenvalue weighted by atomic mass is 9.97.